The third kappa shape index (κ3) is 2.92. The topological polar surface area (TPSA) is 54.4 Å². The van der Waals surface area contributed by atoms with Gasteiger partial charge in [-0.05, 0) is 37.2 Å². The summed E-state index contributed by atoms with van der Waals surface area (Å²) in [5.41, 5.74) is 0.118. The molecule has 0 aliphatic heterocycles. The van der Waals surface area contributed by atoms with Gasteiger partial charge in [-0.1, -0.05) is 0 Å². The van der Waals surface area contributed by atoms with Crippen LogP contribution in [0.3, 0.4) is 0 Å². The molecular formula is C13H18O3S. The molecule has 2 aliphatic carbocycles. The van der Waals surface area contributed by atoms with Gasteiger partial charge in [0, 0.05) is 18.8 Å². The third-order valence-corrected chi connectivity index (χ3v) is 4.09. The number of carbonyl (C=O) groups is 2. The van der Waals surface area contributed by atoms with Crippen LogP contribution in [0, 0.1) is 11.8 Å². The lowest BCUT2D eigenvalue weighted by Gasteiger charge is -2.22. The van der Waals surface area contributed by atoms with Crippen LogP contribution in [-0.4, -0.2) is 28.7 Å². The van der Waals surface area contributed by atoms with Crippen molar-refractivity contribution in [2.45, 2.75) is 32.1 Å². The van der Waals surface area contributed by atoms with Crippen molar-refractivity contribution in [3.63, 3.8) is 0 Å². The number of rotatable bonds is 5. The van der Waals surface area contributed by atoms with Gasteiger partial charge in [-0.3, -0.25) is 9.59 Å². The second-order valence-electron chi connectivity index (χ2n) is 4.94. The highest BCUT2D eigenvalue weighted by atomic mass is 32.2. The molecule has 0 aromatic rings. The first-order chi connectivity index (χ1) is 8.13. The standard InChI is InChI=1S/C13H18O3S/c1-17-5-4-8-6-10(14)12(11(15)7-8)13(16)9-2-3-9/h8-9,14H,2-7H2,1H3. The number of ketones is 2. The monoisotopic (exact) mass is 254 g/mol. The van der Waals surface area contributed by atoms with Crippen molar-refractivity contribution in [1.82, 2.24) is 0 Å². The Labute approximate surface area is 106 Å². The van der Waals surface area contributed by atoms with Gasteiger partial charge in [-0.15, -0.1) is 0 Å². The fourth-order valence-electron chi connectivity index (χ4n) is 2.29. The van der Waals surface area contributed by atoms with Crippen LogP contribution in [0.1, 0.15) is 32.1 Å². The van der Waals surface area contributed by atoms with Gasteiger partial charge in [0.1, 0.15) is 5.76 Å². The molecule has 3 nitrogen and oxygen atoms in total. The molecule has 1 saturated carbocycles. The second-order valence-corrected chi connectivity index (χ2v) is 5.92. The van der Waals surface area contributed by atoms with Gasteiger partial charge in [0.25, 0.3) is 0 Å². The molecule has 2 rings (SSSR count). The number of Topliss-reactive ketones (excluding diaryl/α,β-unsaturated/α-hetero) is 2. The van der Waals surface area contributed by atoms with Crippen molar-refractivity contribution in [1.29, 1.82) is 0 Å². The van der Waals surface area contributed by atoms with Gasteiger partial charge < -0.3 is 5.11 Å². The number of aliphatic hydroxyl groups excluding tert-OH is 1. The van der Waals surface area contributed by atoms with Crippen molar-refractivity contribution < 1.29 is 14.7 Å². The number of allylic oxidation sites excluding steroid dienone is 2. The van der Waals surface area contributed by atoms with Crippen molar-refractivity contribution in [2.24, 2.45) is 11.8 Å². The molecule has 1 unspecified atom stereocenters. The molecule has 0 heterocycles. The molecule has 4 heteroatoms. The predicted molar refractivity (Wildman–Crippen MR) is 68.1 cm³/mol. The lowest BCUT2D eigenvalue weighted by molar-refractivity contribution is -0.123. The quantitative estimate of drug-likeness (QED) is 0.766. The Bertz CT molecular complexity index is 369. The third-order valence-electron chi connectivity index (χ3n) is 3.45. The van der Waals surface area contributed by atoms with Gasteiger partial charge in [0.05, 0.1) is 5.57 Å². The van der Waals surface area contributed by atoms with Crippen LogP contribution >= 0.6 is 11.8 Å². The summed E-state index contributed by atoms with van der Waals surface area (Å²) in [4.78, 5) is 23.8. The highest BCUT2D eigenvalue weighted by molar-refractivity contribution is 7.98. The molecule has 1 N–H and O–H groups in total. The van der Waals surface area contributed by atoms with E-state index in [2.05, 4.69) is 0 Å². The minimum Gasteiger partial charge on any atom is -0.511 e. The fraction of sp³-hybridized carbons (Fsp3) is 0.692. The first kappa shape index (κ1) is 12.7. The molecule has 2 aliphatic rings. The van der Waals surface area contributed by atoms with E-state index >= 15 is 0 Å². The smallest absolute Gasteiger partial charge is 0.172 e. The second kappa shape index (κ2) is 5.25. The molecule has 0 saturated heterocycles. The van der Waals surface area contributed by atoms with Crippen LogP contribution in [0.25, 0.3) is 0 Å². The molecule has 1 atom stereocenters. The summed E-state index contributed by atoms with van der Waals surface area (Å²) in [6.45, 7) is 0. The normalized spacial score (nSPS) is 25.2. The lowest BCUT2D eigenvalue weighted by atomic mass is 9.83. The van der Waals surface area contributed by atoms with Crippen LogP contribution in [0.5, 0.6) is 0 Å². The maximum absolute atomic E-state index is 11.9. The summed E-state index contributed by atoms with van der Waals surface area (Å²) in [5, 5.41) is 9.89. The van der Waals surface area contributed by atoms with Gasteiger partial charge in [-0.25, -0.2) is 0 Å². The molecule has 0 radical (unpaired) electrons. The van der Waals surface area contributed by atoms with E-state index in [1.165, 1.54) is 0 Å². The van der Waals surface area contributed by atoms with Crippen molar-refractivity contribution >= 4 is 23.3 Å². The highest BCUT2D eigenvalue weighted by Crippen LogP contribution is 2.37. The average molecular weight is 254 g/mol. The first-order valence-electron chi connectivity index (χ1n) is 6.12. The molecular weight excluding hydrogens is 236 g/mol. The van der Waals surface area contributed by atoms with E-state index in [-0.39, 0.29) is 34.7 Å². The van der Waals surface area contributed by atoms with Gasteiger partial charge in [0.2, 0.25) is 0 Å². The average Bonchev–Trinajstić information content (AvgIpc) is 3.08. The van der Waals surface area contributed by atoms with E-state index in [1.807, 2.05) is 6.26 Å². The molecule has 0 amide bonds. The summed E-state index contributed by atoms with van der Waals surface area (Å²) < 4.78 is 0. The van der Waals surface area contributed by atoms with Gasteiger partial charge in [0.15, 0.2) is 11.6 Å². The number of carbonyl (C=O) groups excluding carboxylic acids is 2. The Morgan fingerprint density at radius 2 is 2.12 bits per heavy atom. The van der Waals surface area contributed by atoms with Crippen LogP contribution in [0.2, 0.25) is 0 Å². The predicted octanol–water partition coefficient (Wildman–Crippen LogP) is 2.51. The number of hydrogen-bond donors (Lipinski definition) is 1. The van der Waals surface area contributed by atoms with Gasteiger partial charge >= 0.3 is 0 Å². The first-order valence-corrected chi connectivity index (χ1v) is 7.51. The zero-order valence-corrected chi connectivity index (χ0v) is 10.9. The summed E-state index contributed by atoms with van der Waals surface area (Å²) in [5.74, 6) is 1.01. The van der Waals surface area contributed by atoms with Crippen LogP contribution in [0.15, 0.2) is 11.3 Å². The molecule has 0 aromatic carbocycles. The molecule has 17 heavy (non-hydrogen) atoms. The summed E-state index contributed by atoms with van der Waals surface area (Å²) in [6, 6.07) is 0. The Morgan fingerprint density at radius 3 is 2.65 bits per heavy atom. The van der Waals surface area contributed by atoms with E-state index < -0.39 is 0 Å². The van der Waals surface area contributed by atoms with E-state index in [9.17, 15) is 14.7 Å². The number of thioether (sulfide) groups is 1. The van der Waals surface area contributed by atoms with Crippen LogP contribution in [-0.2, 0) is 9.59 Å². The number of aliphatic hydroxyl groups is 1. The lowest BCUT2D eigenvalue weighted by Crippen LogP contribution is -2.25. The summed E-state index contributed by atoms with van der Waals surface area (Å²) >= 11 is 1.74. The SMILES string of the molecule is CSCCC1CC(=O)C(C(=O)C2CC2)=C(O)C1. The zero-order valence-electron chi connectivity index (χ0n) is 10.1. The molecule has 94 valence electrons. The van der Waals surface area contributed by atoms with Crippen molar-refractivity contribution in [2.75, 3.05) is 12.0 Å². The van der Waals surface area contributed by atoms with Crippen molar-refractivity contribution in [3.8, 4) is 0 Å². The molecule has 0 bridgehead atoms. The maximum Gasteiger partial charge on any atom is 0.172 e. The van der Waals surface area contributed by atoms with Crippen LogP contribution < -0.4 is 0 Å². The minimum absolute atomic E-state index is 0.0128. The van der Waals surface area contributed by atoms with E-state index in [0.717, 1.165) is 25.0 Å². The minimum atomic E-state index is -0.142. The highest BCUT2D eigenvalue weighted by Gasteiger charge is 2.38. The zero-order chi connectivity index (χ0) is 12.4. The van der Waals surface area contributed by atoms with E-state index in [1.54, 1.807) is 11.8 Å². The molecule has 0 aromatic heterocycles. The maximum atomic E-state index is 11.9. The van der Waals surface area contributed by atoms with Crippen molar-refractivity contribution in [3.05, 3.63) is 11.3 Å². The van der Waals surface area contributed by atoms with E-state index in [4.69, 9.17) is 0 Å². The Kier molecular flexibility index (Phi) is 3.92. The fourth-order valence-corrected chi connectivity index (χ4v) is 2.86. The Morgan fingerprint density at radius 1 is 1.41 bits per heavy atom. The summed E-state index contributed by atoms with van der Waals surface area (Å²) in [7, 11) is 0. The summed E-state index contributed by atoms with van der Waals surface area (Å²) in [6.07, 6.45) is 5.64. The Hall–Kier alpha value is -0.770. The molecule has 1 fully saturated rings. The largest absolute Gasteiger partial charge is 0.511 e. The number of hydrogen-bond acceptors (Lipinski definition) is 4. The molecule has 0 spiro atoms. The Balaban J connectivity index is 2.05. The van der Waals surface area contributed by atoms with Crippen LogP contribution in [0.4, 0.5) is 0 Å². The van der Waals surface area contributed by atoms with E-state index in [0.29, 0.717) is 12.8 Å². The van der Waals surface area contributed by atoms with Gasteiger partial charge in [-0.2, -0.15) is 11.8 Å².